The van der Waals surface area contributed by atoms with E-state index in [1.54, 1.807) is 11.9 Å². The summed E-state index contributed by atoms with van der Waals surface area (Å²) in [4.78, 5) is 14.3. The molecule has 26 heavy (non-hydrogen) atoms. The van der Waals surface area contributed by atoms with Crippen LogP contribution < -0.4 is 0 Å². The van der Waals surface area contributed by atoms with Crippen LogP contribution in [0, 0.1) is 20.8 Å². The lowest BCUT2D eigenvalue weighted by atomic mass is 10.2. The number of carbonyl (C=O) groups excluding carboxylic acids is 1. The summed E-state index contributed by atoms with van der Waals surface area (Å²) in [6, 6.07) is 7.44. The van der Waals surface area contributed by atoms with Gasteiger partial charge in [0, 0.05) is 19.7 Å². The average Bonchev–Trinajstić information content (AvgIpc) is 3.09. The van der Waals surface area contributed by atoms with E-state index < -0.39 is 0 Å². The summed E-state index contributed by atoms with van der Waals surface area (Å²) >= 11 is 3.54. The lowest BCUT2D eigenvalue weighted by Crippen LogP contribution is -2.27. The SMILES string of the molecule is Cc1nn(-c2ccc(C(=O)N(C)Cc3nnc(C)n3C)cc2)c(C)c1Br. The van der Waals surface area contributed by atoms with E-state index in [9.17, 15) is 4.79 Å². The molecule has 0 fully saturated rings. The zero-order valence-corrected chi connectivity index (χ0v) is 17.1. The monoisotopic (exact) mass is 416 g/mol. The molecule has 136 valence electrons. The molecule has 0 radical (unpaired) electrons. The minimum atomic E-state index is -0.0632. The number of nitrogens with zero attached hydrogens (tertiary/aromatic N) is 6. The third-order valence-corrected chi connectivity index (χ3v) is 5.62. The highest BCUT2D eigenvalue weighted by Gasteiger charge is 2.16. The zero-order valence-electron chi connectivity index (χ0n) is 15.5. The summed E-state index contributed by atoms with van der Waals surface area (Å²) in [5.74, 6) is 1.51. The molecular formula is C18H21BrN6O. The Morgan fingerprint density at radius 1 is 1.15 bits per heavy atom. The second-order valence-electron chi connectivity index (χ2n) is 6.33. The Labute approximate surface area is 160 Å². The van der Waals surface area contributed by atoms with Gasteiger partial charge in [-0.15, -0.1) is 10.2 Å². The minimum Gasteiger partial charge on any atom is -0.334 e. The third-order valence-electron chi connectivity index (χ3n) is 4.47. The smallest absolute Gasteiger partial charge is 0.254 e. The molecule has 3 aromatic rings. The Balaban J connectivity index is 1.78. The van der Waals surface area contributed by atoms with Crippen molar-refractivity contribution in [1.82, 2.24) is 29.4 Å². The number of carbonyl (C=O) groups is 1. The highest BCUT2D eigenvalue weighted by Crippen LogP contribution is 2.23. The largest absolute Gasteiger partial charge is 0.334 e. The lowest BCUT2D eigenvalue weighted by molar-refractivity contribution is 0.0780. The molecule has 0 aliphatic carbocycles. The fourth-order valence-electron chi connectivity index (χ4n) is 2.71. The van der Waals surface area contributed by atoms with Gasteiger partial charge in [-0.1, -0.05) is 0 Å². The van der Waals surface area contributed by atoms with E-state index in [0.29, 0.717) is 12.1 Å². The van der Waals surface area contributed by atoms with Crippen molar-refractivity contribution in [2.45, 2.75) is 27.3 Å². The van der Waals surface area contributed by atoms with Crippen molar-refractivity contribution < 1.29 is 4.79 Å². The number of rotatable bonds is 4. The molecule has 7 nitrogen and oxygen atoms in total. The van der Waals surface area contributed by atoms with Crippen LogP contribution in [0.4, 0.5) is 0 Å². The predicted octanol–water partition coefficient (Wildman–Crippen LogP) is 2.96. The van der Waals surface area contributed by atoms with E-state index >= 15 is 0 Å². The molecular weight excluding hydrogens is 396 g/mol. The van der Waals surface area contributed by atoms with Gasteiger partial charge in [-0.25, -0.2) is 4.68 Å². The van der Waals surface area contributed by atoms with E-state index in [2.05, 4.69) is 31.2 Å². The van der Waals surface area contributed by atoms with Crippen molar-refractivity contribution in [1.29, 1.82) is 0 Å². The van der Waals surface area contributed by atoms with E-state index in [1.807, 2.05) is 61.3 Å². The molecule has 0 atom stereocenters. The van der Waals surface area contributed by atoms with Crippen LogP contribution in [-0.2, 0) is 13.6 Å². The van der Waals surface area contributed by atoms with Crippen molar-refractivity contribution in [2.75, 3.05) is 7.05 Å². The van der Waals surface area contributed by atoms with Gasteiger partial charge in [0.1, 0.15) is 5.82 Å². The van der Waals surface area contributed by atoms with E-state index in [0.717, 1.165) is 33.2 Å². The molecule has 0 saturated carbocycles. The number of benzene rings is 1. The summed E-state index contributed by atoms with van der Waals surface area (Å²) in [6.07, 6.45) is 0. The quantitative estimate of drug-likeness (QED) is 0.655. The molecule has 3 rings (SSSR count). The first kappa shape index (κ1) is 18.3. The van der Waals surface area contributed by atoms with Crippen LogP contribution in [-0.4, -0.2) is 42.4 Å². The van der Waals surface area contributed by atoms with Crippen LogP contribution >= 0.6 is 15.9 Å². The normalized spacial score (nSPS) is 11.0. The fraction of sp³-hybridized carbons (Fsp3) is 0.333. The summed E-state index contributed by atoms with van der Waals surface area (Å²) in [5.41, 5.74) is 3.49. The Kier molecular flexibility index (Phi) is 4.95. The fourth-order valence-corrected chi connectivity index (χ4v) is 2.96. The second-order valence-corrected chi connectivity index (χ2v) is 7.12. The molecule has 0 bridgehead atoms. The number of hydrogen-bond donors (Lipinski definition) is 0. The van der Waals surface area contributed by atoms with Crippen molar-refractivity contribution in [2.24, 2.45) is 7.05 Å². The summed E-state index contributed by atoms with van der Waals surface area (Å²) in [6.45, 7) is 6.24. The molecule has 2 aromatic heterocycles. The van der Waals surface area contributed by atoms with Crippen LogP contribution in [0.25, 0.3) is 5.69 Å². The third kappa shape index (κ3) is 3.29. The number of hydrogen-bond acceptors (Lipinski definition) is 4. The molecule has 1 aromatic carbocycles. The van der Waals surface area contributed by atoms with Gasteiger partial charge < -0.3 is 9.47 Å². The molecule has 0 aliphatic rings. The van der Waals surface area contributed by atoms with Gasteiger partial charge in [0.05, 0.1) is 28.1 Å². The Bertz CT molecular complexity index is 957. The minimum absolute atomic E-state index is 0.0632. The van der Waals surface area contributed by atoms with E-state index in [-0.39, 0.29) is 5.91 Å². The van der Waals surface area contributed by atoms with Gasteiger partial charge in [0.25, 0.3) is 5.91 Å². The second kappa shape index (κ2) is 7.03. The molecule has 0 saturated heterocycles. The first-order valence-corrected chi connectivity index (χ1v) is 9.01. The van der Waals surface area contributed by atoms with Crippen molar-refractivity contribution in [3.05, 3.63) is 57.3 Å². The molecule has 1 amide bonds. The molecule has 8 heteroatoms. The van der Waals surface area contributed by atoms with E-state index in [4.69, 9.17) is 0 Å². The number of halogens is 1. The molecule has 2 heterocycles. The highest BCUT2D eigenvalue weighted by molar-refractivity contribution is 9.10. The number of aromatic nitrogens is 5. The average molecular weight is 417 g/mol. The van der Waals surface area contributed by atoms with Crippen LogP contribution in [0.15, 0.2) is 28.7 Å². The van der Waals surface area contributed by atoms with Crippen molar-refractivity contribution in [3.63, 3.8) is 0 Å². The maximum Gasteiger partial charge on any atom is 0.254 e. The van der Waals surface area contributed by atoms with Crippen LogP contribution in [0.3, 0.4) is 0 Å². The Morgan fingerprint density at radius 2 is 1.81 bits per heavy atom. The van der Waals surface area contributed by atoms with Gasteiger partial charge >= 0.3 is 0 Å². The van der Waals surface area contributed by atoms with Crippen LogP contribution in [0.5, 0.6) is 0 Å². The molecule has 0 unspecified atom stereocenters. The Morgan fingerprint density at radius 3 is 2.31 bits per heavy atom. The first-order valence-electron chi connectivity index (χ1n) is 8.22. The van der Waals surface area contributed by atoms with Crippen molar-refractivity contribution in [3.8, 4) is 5.69 Å². The number of amides is 1. The number of aryl methyl sites for hydroxylation is 2. The summed E-state index contributed by atoms with van der Waals surface area (Å²) in [7, 11) is 3.66. The lowest BCUT2D eigenvalue weighted by Gasteiger charge is -2.17. The Hall–Kier alpha value is -2.48. The van der Waals surface area contributed by atoms with Gasteiger partial charge in [-0.2, -0.15) is 5.10 Å². The maximum absolute atomic E-state index is 12.7. The zero-order chi connectivity index (χ0) is 19.0. The van der Waals surface area contributed by atoms with Crippen LogP contribution in [0.1, 0.15) is 33.4 Å². The standard InChI is InChI=1S/C18H21BrN6O/c1-11-17(19)12(2)25(22-11)15-8-6-14(7-9-15)18(26)23(4)10-16-21-20-13(3)24(16)5/h6-9H,10H2,1-5H3. The van der Waals surface area contributed by atoms with Gasteiger partial charge in [-0.05, 0) is 61.0 Å². The van der Waals surface area contributed by atoms with Gasteiger partial charge in [0.15, 0.2) is 5.82 Å². The van der Waals surface area contributed by atoms with Crippen molar-refractivity contribution >= 4 is 21.8 Å². The first-order chi connectivity index (χ1) is 12.3. The van der Waals surface area contributed by atoms with Gasteiger partial charge in [0.2, 0.25) is 0 Å². The maximum atomic E-state index is 12.7. The molecule has 0 spiro atoms. The molecule has 0 N–H and O–H groups in total. The molecule has 0 aliphatic heterocycles. The van der Waals surface area contributed by atoms with Crippen LogP contribution in [0.2, 0.25) is 0 Å². The predicted molar refractivity (Wildman–Crippen MR) is 102 cm³/mol. The van der Waals surface area contributed by atoms with Gasteiger partial charge in [-0.3, -0.25) is 4.79 Å². The summed E-state index contributed by atoms with van der Waals surface area (Å²) in [5, 5.41) is 12.6. The summed E-state index contributed by atoms with van der Waals surface area (Å²) < 4.78 is 4.74. The topological polar surface area (TPSA) is 68.8 Å². The van der Waals surface area contributed by atoms with E-state index in [1.165, 1.54) is 0 Å². The highest BCUT2D eigenvalue weighted by atomic mass is 79.9.